The largest absolute Gasteiger partial charge is 0.296 e. The molecule has 0 saturated carbocycles. The van der Waals surface area contributed by atoms with Crippen LogP contribution in [-0.4, -0.2) is 21.3 Å². The second kappa shape index (κ2) is 5.10. The molecule has 4 nitrogen and oxygen atoms in total. The minimum absolute atomic E-state index is 0.348. The van der Waals surface area contributed by atoms with Crippen LogP contribution in [0.15, 0.2) is 24.3 Å². The third-order valence-electron chi connectivity index (χ3n) is 2.41. The predicted molar refractivity (Wildman–Crippen MR) is 66.1 cm³/mol. The molecule has 0 bridgehead atoms. The summed E-state index contributed by atoms with van der Waals surface area (Å²) in [5.41, 5.74) is 1.93. The number of hydrogen-bond acceptors (Lipinski definition) is 3. The minimum Gasteiger partial charge on any atom is -0.296 e. The van der Waals surface area contributed by atoms with Gasteiger partial charge in [-0.2, -0.15) is 0 Å². The van der Waals surface area contributed by atoms with E-state index in [0.717, 1.165) is 30.5 Å². The summed E-state index contributed by atoms with van der Waals surface area (Å²) in [5, 5.41) is 8.46. The van der Waals surface area contributed by atoms with Crippen molar-refractivity contribution >= 4 is 17.9 Å². The zero-order valence-electron chi connectivity index (χ0n) is 9.43. The molecule has 0 aliphatic carbocycles. The van der Waals surface area contributed by atoms with Gasteiger partial charge in [0.1, 0.15) is 0 Å². The summed E-state index contributed by atoms with van der Waals surface area (Å²) in [6.45, 7) is 2.77. The quantitative estimate of drug-likeness (QED) is 0.783. The number of hydrogen-bond donors (Lipinski definition) is 0. The summed E-state index contributed by atoms with van der Waals surface area (Å²) in [4.78, 5) is 11.0. The lowest BCUT2D eigenvalue weighted by molar-refractivity contribution is 0.111. The van der Waals surface area contributed by atoms with Crippen LogP contribution in [0.1, 0.15) is 23.8 Å². The zero-order valence-corrected chi connectivity index (χ0v) is 10.2. The fourth-order valence-electron chi connectivity index (χ4n) is 1.71. The van der Waals surface area contributed by atoms with E-state index < -0.39 is 0 Å². The van der Waals surface area contributed by atoms with Crippen LogP contribution >= 0.6 is 11.6 Å². The molecule has 1 aromatic carbocycles. The highest BCUT2D eigenvalue weighted by molar-refractivity contribution is 6.30. The highest BCUT2D eigenvalue weighted by atomic mass is 35.5. The number of halogens is 1. The number of carbonyl (C=O) groups is 1. The fourth-order valence-corrected chi connectivity index (χ4v) is 1.90. The van der Waals surface area contributed by atoms with E-state index in [2.05, 4.69) is 10.3 Å². The SMILES string of the molecule is CCCn1nnc(C=O)c1-c1cccc(Cl)c1. The monoisotopic (exact) mass is 249 g/mol. The molecular weight excluding hydrogens is 238 g/mol. The Morgan fingerprint density at radius 1 is 1.47 bits per heavy atom. The van der Waals surface area contributed by atoms with Crippen molar-refractivity contribution in [1.29, 1.82) is 0 Å². The first-order valence-corrected chi connectivity index (χ1v) is 5.78. The van der Waals surface area contributed by atoms with Crippen LogP contribution in [0.25, 0.3) is 11.3 Å². The summed E-state index contributed by atoms with van der Waals surface area (Å²) in [5.74, 6) is 0. The summed E-state index contributed by atoms with van der Waals surface area (Å²) in [6.07, 6.45) is 1.64. The Hall–Kier alpha value is -1.68. The van der Waals surface area contributed by atoms with Gasteiger partial charge in [0, 0.05) is 17.1 Å². The van der Waals surface area contributed by atoms with Crippen molar-refractivity contribution in [1.82, 2.24) is 15.0 Å². The molecular formula is C12H12ClN3O. The molecule has 0 radical (unpaired) electrons. The van der Waals surface area contributed by atoms with Gasteiger partial charge < -0.3 is 0 Å². The molecule has 0 spiro atoms. The summed E-state index contributed by atoms with van der Waals surface area (Å²) >= 11 is 5.95. The molecule has 5 heteroatoms. The number of carbonyl (C=O) groups excluding carboxylic acids is 1. The van der Waals surface area contributed by atoms with Crippen LogP contribution in [0.2, 0.25) is 5.02 Å². The molecule has 0 atom stereocenters. The minimum atomic E-state index is 0.348. The smallest absolute Gasteiger partial charge is 0.172 e. The van der Waals surface area contributed by atoms with Crippen LogP contribution in [0.4, 0.5) is 0 Å². The Balaban J connectivity index is 2.55. The molecule has 0 amide bonds. The summed E-state index contributed by atoms with van der Waals surface area (Å²) in [6, 6.07) is 7.33. The number of rotatable bonds is 4. The van der Waals surface area contributed by atoms with E-state index in [1.54, 1.807) is 16.8 Å². The van der Waals surface area contributed by atoms with Crippen molar-refractivity contribution in [3.05, 3.63) is 35.0 Å². The molecule has 17 heavy (non-hydrogen) atoms. The van der Waals surface area contributed by atoms with Crippen molar-refractivity contribution in [2.24, 2.45) is 0 Å². The third kappa shape index (κ3) is 2.36. The normalized spacial score (nSPS) is 10.5. The molecule has 0 fully saturated rings. The van der Waals surface area contributed by atoms with Crippen molar-refractivity contribution in [3.8, 4) is 11.3 Å². The molecule has 0 aliphatic heterocycles. The van der Waals surface area contributed by atoms with Gasteiger partial charge in [0.2, 0.25) is 0 Å². The Morgan fingerprint density at radius 2 is 2.29 bits per heavy atom. The molecule has 1 heterocycles. The molecule has 1 aromatic heterocycles. The molecule has 2 aromatic rings. The van der Waals surface area contributed by atoms with Crippen LogP contribution in [0.3, 0.4) is 0 Å². The van der Waals surface area contributed by atoms with E-state index in [1.807, 2.05) is 19.1 Å². The van der Waals surface area contributed by atoms with Crippen molar-refractivity contribution in [2.75, 3.05) is 0 Å². The van der Waals surface area contributed by atoms with Crippen molar-refractivity contribution in [2.45, 2.75) is 19.9 Å². The van der Waals surface area contributed by atoms with Gasteiger partial charge in [-0.05, 0) is 18.6 Å². The number of aryl methyl sites for hydroxylation is 1. The third-order valence-corrected chi connectivity index (χ3v) is 2.64. The second-order valence-electron chi connectivity index (χ2n) is 3.67. The van der Waals surface area contributed by atoms with Crippen LogP contribution in [0.5, 0.6) is 0 Å². The lowest BCUT2D eigenvalue weighted by Crippen LogP contribution is -2.02. The van der Waals surface area contributed by atoms with Gasteiger partial charge in [-0.15, -0.1) is 5.10 Å². The van der Waals surface area contributed by atoms with Crippen LogP contribution < -0.4 is 0 Å². The molecule has 0 aliphatic rings. The van der Waals surface area contributed by atoms with E-state index in [1.165, 1.54) is 0 Å². The Bertz CT molecular complexity index is 536. The number of aromatic nitrogens is 3. The first-order valence-electron chi connectivity index (χ1n) is 5.41. The van der Waals surface area contributed by atoms with Gasteiger partial charge in [0.05, 0.1) is 5.69 Å². The number of nitrogens with zero attached hydrogens (tertiary/aromatic N) is 3. The molecule has 88 valence electrons. The van der Waals surface area contributed by atoms with Gasteiger partial charge in [0.15, 0.2) is 12.0 Å². The van der Waals surface area contributed by atoms with E-state index in [0.29, 0.717) is 10.7 Å². The second-order valence-corrected chi connectivity index (χ2v) is 4.11. The maximum Gasteiger partial charge on any atom is 0.172 e. The van der Waals surface area contributed by atoms with Gasteiger partial charge in [0.25, 0.3) is 0 Å². The van der Waals surface area contributed by atoms with Crippen molar-refractivity contribution < 1.29 is 4.79 Å². The number of aldehydes is 1. The fraction of sp³-hybridized carbons (Fsp3) is 0.250. The van der Waals surface area contributed by atoms with Crippen LogP contribution in [-0.2, 0) is 6.54 Å². The van der Waals surface area contributed by atoms with Gasteiger partial charge in [-0.3, -0.25) is 4.79 Å². The molecule has 0 N–H and O–H groups in total. The molecule has 0 unspecified atom stereocenters. The Labute approximate surface area is 104 Å². The van der Waals surface area contributed by atoms with E-state index in [9.17, 15) is 4.79 Å². The zero-order chi connectivity index (χ0) is 12.3. The number of benzene rings is 1. The molecule has 0 saturated heterocycles. The average Bonchev–Trinajstić information content (AvgIpc) is 2.72. The highest BCUT2D eigenvalue weighted by Gasteiger charge is 2.13. The average molecular weight is 250 g/mol. The summed E-state index contributed by atoms with van der Waals surface area (Å²) in [7, 11) is 0. The highest BCUT2D eigenvalue weighted by Crippen LogP contribution is 2.24. The van der Waals surface area contributed by atoms with Gasteiger partial charge in [-0.1, -0.05) is 35.9 Å². The Morgan fingerprint density at radius 3 is 2.94 bits per heavy atom. The first kappa shape index (κ1) is 11.8. The van der Waals surface area contributed by atoms with E-state index >= 15 is 0 Å². The first-order chi connectivity index (χ1) is 8.26. The predicted octanol–water partition coefficient (Wildman–Crippen LogP) is 2.82. The summed E-state index contributed by atoms with van der Waals surface area (Å²) < 4.78 is 1.73. The van der Waals surface area contributed by atoms with Crippen LogP contribution in [0, 0.1) is 0 Å². The molecule has 2 rings (SSSR count). The lowest BCUT2D eigenvalue weighted by atomic mass is 10.1. The standard InChI is InChI=1S/C12H12ClN3O/c1-2-6-16-12(11(8-17)14-15-16)9-4-3-5-10(13)7-9/h3-5,7-8H,2,6H2,1H3. The van der Waals surface area contributed by atoms with Gasteiger partial charge >= 0.3 is 0 Å². The van der Waals surface area contributed by atoms with Gasteiger partial charge in [-0.25, -0.2) is 4.68 Å². The lowest BCUT2D eigenvalue weighted by Gasteiger charge is -2.05. The van der Waals surface area contributed by atoms with Crippen molar-refractivity contribution in [3.63, 3.8) is 0 Å². The van der Waals surface area contributed by atoms with E-state index in [-0.39, 0.29) is 0 Å². The Kier molecular flexibility index (Phi) is 3.54. The maximum atomic E-state index is 11.0. The van der Waals surface area contributed by atoms with E-state index in [4.69, 9.17) is 11.6 Å². The maximum absolute atomic E-state index is 11.0. The topological polar surface area (TPSA) is 47.8 Å².